The first-order valence-corrected chi connectivity index (χ1v) is 19.4. The van der Waals surface area contributed by atoms with Gasteiger partial charge in [-0.3, -0.25) is 14.4 Å². The minimum absolute atomic E-state index is 0.0114. The van der Waals surface area contributed by atoms with Gasteiger partial charge in [-0.2, -0.15) is 0 Å². The van der Waals surface area contributed by atoms with Crippen molar-refractivity contribution in [2.45, 2.75) is 170 Å². The smallest absolute Gasteiger partial charge is 0.306 e. The van der Waals surface area contributed by atoms with Gasteiger partial charge in [-0.1, -0.05) is 75.2 Å². The summed E-state index contributed by atoms with van der Waals surface area (Å²) in [6.45, 7) is 22.6. The number of amides is 1. The van der Waals surface area contributed by atoms with E-state index in [1.54, 1.807) is 0 Å². The van der Waals surface area contributed by atoms with Gasteiger partial charge in [0.25, 0.3) is 0 Å². The van der Waals surface area contributed by atoms with Crippen LogP contribution < -0.4 is 16.4 Å². The van der Waals surface area contributed by atoms with Crippen molar-refractivity contribution in [1.29, 1.82) is 0 Å². The first kappa shape index (κ1) is 37.6. The summed E-state index contributed by atoms with van der Waals surface area (Å²) in [5.41, 5.74) is 5.94. The number of nitrogens with one attached hydrogen (secondary N) is 2. The van der Waals surface area contributed by atoms with Crippen molar-refractivity contribution < 1.29 is 24.2 Å². The number of piperidine rings is 1. The molecule has 0 bridgehead atoms. The Balaban J connectivity index is 1.38. The van der Waals surface area contributed by atoms with Crippen LogP contribution in [0.5, 0.6) is 0 Å². The molecule has 48 heavy (non-hydrogen) atoms. The molecular weight excluding hydrogens is 602 g/mol. The van der Waals surface area contributed by atoms with Gasteiger partial charge in [0.1, 0.15) is 6.10 Å². The van der Waals surface area contributed by atoms with Crippen LogP contribution in [0.25, 0.3) is 0 Å². The molecule has 0 aromatic rings. The average Bonchev–Trinajstić information content (AvgIpc) is 3.35. The van der Waals surface area contributed by atoms with Crippen molar-refractivity contribution in [3.63, 3.8) is 0 Å². The largest absolute Gasteiger partial charge is 0.481 e. The minimum Gasteiger partial charge on any atom is -0.481 e. The quantitative estimate of drug-likeness (QED) is 0.190. The van der Waals surface area contributed by atoms with Crippen molar-refractivity contribution in [3.05, 3.63) is 0 Å². The Kier molecular flexibility index (Phi) is 10.0. The normalized spacial score (nSPS) is 43.1. The van der Waals surface area contributed by atoms with Gasteiger partial charge in [-0.25, -0.2) is 0 Å². The van der Waals surface area contributed by atoms with Crippen LogP contribution in [0.15, 0.2) is 0 Å². The van der Waals surface area contributed by atoms with Crippen LogP contribution >= 0.6 is 0 Å². The van der Waals surface area contributed by atoms with E-state index in [1.807, 2.05) is 13.8 Å². The number of fused-ring (bicyclic) bond motifs is 2. The molecule has 8 heteroatoms. The van der Waals surface area contributed by atoms with Crippen LogP contribution in [0.4, 0.5) is 0 Å². The van der Waals surface area contributed by atoms with E-state index < -0.39 is 22.3 Å². The molecule has 5 rings (SSSR count). The SMILES string of the molecule is CCC1C2(C)CCC(OC(=O)CC(C)(C)CC(=O)O)C(C)(C)C2CCC1(C)[C@]1(C)CCC2(C(=O)NC3CCNCC3)CCC[C@]2(N)C1C. The lowest BCUT2D eigenvalue weighted by Crippen LogP contribution is -2.72. The molecular formula is C40H69N3O5. The summed E-state index contributed by atoms with van der Waals surface area (Å²) in [6.07, 6.45) is 11.7. The van der Waals surface area contributed by atoms with Crippen LogP contribution in [-0.4, -0.2) is 53.7 Å². The van der Waals surface area contributed by atoms with E-state index in [1.165, 1.54) is 0 Å². The lowest BCUT2D eigenvalue weighted by molar-refractivity contribution is -0.228. The second kappa shape index (κ2) is 12.8. The van der Waals surface area contributed by atoms with Gasteiger partial charge >= 0.3 is 11.9 Å². The van der Waals surface area contributed by atoms with Crippen LogP contribution in [0.3, 0.4) is 0 Å². The molecule has 8 nitrogen and oxygen atoms in total. The van der Waals surface area contributed by atoms with Crippen molar-refractivity contribution in [2.24, 2.45) is 56.0 Å². The highest BCUT2D eigenvalue weighted by Crippen LogP contribution is 2.74. The summed E-state index contributed by atoms with van der Waals surface area (Å²) in [5.74, 6) is 0.130. The summed E-state index contributed by atoms with van der Waals surface area (Å²) >= 11 is 0. The predicted molar refractivity (Wildman–Crippen MR) is 190 cm³/mol. The summed E-state index contributed by atoms with van der Waals surface area (Å²) in [4.78, 5) is 38.8. The van der Waals surface area contributed by atoms with E-state index in [-0.39, 0.29) is 64.4 Å². The van der Waals surface area contributed by atoms with Crippen molar-refractivity contribution >= 4 is 17.8 Å². The van der Waals surface area contributed by atoms with Gasteiger partial charge in [0, 0.05) is 17.0 Å². The van der Waals surface area contributed by atoms with Crippen molar-refractivity contribution in [2.75, 3.05) is 13.1 Å². The first-order chi connectivity index (χ1) is 22.2. The third kappa shape index (κ3) is 5.84. The molecule has 1 heterocycles. The zero-order valence-corrected chi connectivity index (χ0v) is 31.9. The first-order valence-electron chi connectivity index (χ1n) is 19.4. The standard InChI is InChI=1S/C40H69N3O5/c1-10-28-36(7)18-13-30(48-32(46)25-34(3,4)24-31(44)45)35(5,6)29(36)12-19-38(28,9)37(8)20-21-39(16-11-17-40(39,41)26(37)2)33(47)43-27-14-22-42-23-15-27/h26-30,42H,10-25,41H2,1-9H3,(H,43,47)(H,44,45)/t26?,28?,29?,30?,36?,37-,38?,39?,40+/m1/s1. The van der Waals surface area contributed by atoms with E-state index in [4.69, 9.17) is 10.5 Å². The fraction of sp³-hybridized carbons (Fsp3) is 0.925. The Bertz CT molecular complexity index is 1250. The number of hydrogen-bond donors (Lipinski definition) is 4. The predicted octanol–water partition coefficient (Wildman–Crippen LogP) is 7.23. The molecule has 1 aliphatic heterocycles. The molecule has 1 saturated heterocycles. The lowest BCUT2D eigenvalue weighted by atomic mass is 9.34. The number of aliphatic carboxylic acids is 1. The molecule has 0 aromatic heterocycles. The zero-order valence-electron chi connectivity index (χ0n) is 31.9. The number of rotatable bonds is 9. The Hall–Kier alpha value is -1.67. The molecule has 274 valence electrons. The molecule has 4 saturated carbocycles. The Morgan fingerprint density at radius 1 is 0.896 bits per heavy atom. The molecule has 5 fully saturated rings. The third-order valence-electron chi connectivity index (χ3n) is 16.2. The lowest BCUT2D eigenvalue weighted by Gasteiger charge is -2.71. The van der Waals surface area contributed by atoms with Gasteiger partial charge in [0.05, 0.1) is 18.3 Å². The van der Waals surface area contributed by atoms with Crippen LogP contribution in [0.2, 0.25) is 0 Å². The fourth-order valence-electron chi connectivity index (χ4n) is 13.3. The highest BCUT2D eigenvalue weighted by atomic mass is 16.5. The van der Waals surface area contributed by atoms with Gasteiger partial charge in [-0.05, 0) is 117 Å². The topological polar surface area (TPSA) is 131 Å². The van der Waals surface area contributed by atoms with Gasteiger partial charge in [0.15, 0.2) is 0 Å². The molecule has 0 spiro atoms. The van der Waals surface area contributed by atoms with E-state index in [2.05, 4.69) is 59.1 Å². The summed E-state index contributed by atoms with van der Waals surface area (Å²) in [7, 11) is 0. The zero-order chi connectivity index (χ0) is 35.6. The second-order valence-corrected chi connectivity index (χ2v) is 19.3. The van der Waals surface area contributed by atoms with E-state index >= 15 is 0 Å². The minimum atomic E-state index is -0.891. The van der Waals surface area contributed by atoms with Gasteiger partial charge < -0.3 is 26.2 Å². The van der Waals surface area contributed by atoms with E-state index in [0.717, 1.165) is 90.1 Å². The number of carbonyl (C=O) groups excluding carboxylic acids is 2. The van der Waals surface area contributed by atoms with Crippen molar-refractivity contribution in [3.8, 4) is 0 Å². The fourth-order valence-corrected chi connectivity index (χ4v) is 13.3. The van der Waals surface area contributed by atoms with Gasteiger partial charge in [-0.15, -0.1) is 0 Å². The maximum atomic E-state index is 14.3. The summed E-state index contributed by atoms with van der Waals surface area (Å²) in [6, 6.07) is 0.243. The maximum absolute atomic E-state index is 14.3. The molecule has 5 N–H and O–H groups in total. The van der Waals surface area contributed by atoms with Crippen LogP contribution in [-0.2, 0) is 19.1 Å². The molecule has 7 unspecified atom stereocenters. The highest BCUT2D eigenvalue weighted by molar-refractivity contribution is 5.85. The number of esters is 1. The molecule has 5 aliphatic rings. The highest BCUT2D eigenvalue weighted by Gasteiger charge is 2.71. The Labute approximate surface area is 291 Å². The molecule has 4 aliphatic carbocycles. The van der Waals surface area contributed by atoms with E-state index in [0.29, 0.717) is 11.8 Å². The Morgan fingerprint density at radius 3 is 2.19 bits per heavy atom. The number of carboxylic acids is 1. The van der Waals surface area contributed by atoms with Crippen LogP contribution in [0, 0.1) is 50.2 Å². The molecule has 0 radical (unpaired) electrons. The maximum Gasteiger partial charge on any atom is 0.306 e. The summed E-state index contributed by atoms with van der Waals surface area (Å²) in [5, 5.41) is 16.2. The third-order valence-corrected chi connectivity index (χ3v) is 16.2. The number of carbonyl (C=O) groups is 3. The monoisotopic (exact) mass is 672 g/mol. The second-order valence-electron chi connectivity index (χ2n) is 19.3. The number of carboxylic acid groups (broad SMARTS) is 1. The van der Waals surface area contributed by atoms with Crippen LogP contribution in [0.1, 0.15) is 152 Å². The van der Waals surface area contributed by atoms with E-state index in [9.17, 15) is 19.5 Å². The number of hydrogen-bond acceptors (Lipinski definition) is 6. The molecule has 1 amide bonds. The molecule has 0 aromatic carbocycles. The number of nitrogens with two attached hydrogens (primary N) is 1. The Morgan fingerprint density at radius 2 is 1.56 bits per heavy atom. The summed E-state index contributed by atoms with van der Waals surface area (Å²) < 4.78 is 6.25. The molecule has 9 atom stereocenters. The van der Waals surface area contributed by atoms with Crippen molar-refractivity contribution in [1.82, 2.24) is 10.6 Å². The average molecular weight is 672 g/mol. The number of ether oxygens (including phenoxy) is 1. The van der Waals surface area contributed by atoms with Gasteiger partial charge in [0.2, 0.25) is 5.91 Å².